The van der Waals surface area contributed by atoms with Crippen molar-refractivity contribution in [2.24, 2.45) is 5.73 Å². The average molecular weight is 371 g/mol. The lowest BCUT2D eigenvalue weighted by atomic mass is 10.0. The predicted octanol–water partition coefficient (Wildman–Crippen LogP) is 2.30. The summed E-state index contributed by atoms with van der Waals surface area (Å²) in [6, 6.07) is 5.73. The van der Waals surface area contributed by atoms with E-state index in [1.165, 1.54) is 0 Å². The number of halogens is 1. The lowest BCUT2D eigenvalue weighted by Gasteiger charge is -2.28. The molecule has 0 spiro atoms. The zero-order valence-corrected chi connectivity index (χ0v) is 15.6. The molecule has 2 aliphatic heterocycles. The Labute approximate surface area is 155 Å². The van der Waals surface area contributed by atoms with Crippen LogP contribution in [-0.4, -0.2) is 50.3 Å². The molecule has 140 valence electrons. The molecule has 2 heterocycles. The van der Waals surface area contributed by atoms with Gasteiger partial charge in [0.25, 0.3) is 5.91 Å². The second-order valence-electron chi connectivity index (χ2n) is 6.36. The fourth-order valence-corrected chi connectivity index (χ4v) is 3.70. The van der Waals surface area contributed by atoms with Crippen molar-refractivity contribution < 1.29 is 19.0 Å². The van der Waals surface area contributed by atoms with Gasteiger partial charge < -0.3 is 24.8 Å². The minimum absolute atomic E-state index is 0. The Kier molecular flexibility index (Phi) is 6.93. The molecule has 2 fully saturated rings. The molecule has 1 amide bonds. The zero-order valence-electron chi connectivity index (χ0n) is 14.8. The lowest BCUT2D eigenvalue weighted by molar-refractivity contribution is -0.143. The van der Waals surface area contributed by atoms with Crippen LogP contribution in [0, 0.1) is 0 Å². The first kappa shape index (κ1) is 19.8. The molecule has 3 atom stereocenters. The largest absolute Gasteiger partial charge is 0.497 e. The van der Waals surface area contributed by atoms with Crippen LogP contribution >= 0.6 is 12.4 Å². The highest BCUT2D eigenvalue weighted by Gasteiger charge is 2.38. The van der Waals surface area contributed by atoms with Crippen LogP contribution < -0.4 is 15.2 Å². The Morgan fingerprint density at radius 2 is 2.08 bits per heavy atom. The van der Waals surface area contributed by atoms with Crippen molar-refractivity contribution in [1.29, 1.82) is 0 Å². The van der Waals surface area contributed by atoms with Crippen LogP contribution in [0.4, 0.5) is 0 Å². The van der Waals surface area contributed by atoms with Gasteiger partial charge in [0, 0.05) is 18.7 Å². The van der Waals surface area contributed by atoms with Crippen molar-refractivity contribution in [2.75, 3.05) is 27.3 Å². The van der Waals surface area contributed by atoms with Gasteiger partial charge in [-0.25, -0.2) is 0 Å². The summed E-state index contributed by atoms with van der Waals surface area (Å²) in [4.78, 5) is 14.9. The number of nitrogens with zero attached hydrogens (tertiary/aromatic N) is 1. The van der Waals surface area contributed by atoms with Crippen molar-refractivity contribution in [3.05, 3.63) is 23.8 Å². The number of ether oxygens (including phenoxy) is 3. The quantitative estimate of drug-likeness (QED) is 0.860. The van der Waals surface area contributed by atoms with Gasteiger partial charge in [0.2, 0.25) is 0 Å². The van der Waals surface area contributed by atoms with Crippen molar-refractivity contribution >= 4 is 18.3 Å². The molecule has 0 bridgehead atoms. The van der Waals surface area contributed by atoms with Crippen molar-refractivity contribution in [3.63, 3.8) is 0 Å². The van der Waals surface area contributed by atoms with E-state index in [9.17, 15) is 4.79 Å². The van der Waals surface area contributed by atoms with E-state index in [-0.39, 0.29) is 36.6 Å². The highest BCUT2D eigenvalue weighted by atomic mass is 35.5. The van der Waals surface area contributed by atoms with E-state index in [1.807, 2.05) is 23.1 Å². The maximum Gasteiger partial charge on any atom is 0.252 e. The molecule has 1 unspecified atom stereocenters. The molecule has 2 aliphatic rings. The molecular formula is C18H27ClN2O4. The summed E-state index contributed by atoms with van der Waals surface area (Å²) in [5.74, 6) is 1.62. The van der Waals surface area contributed by atoms with E-state index in [0.717, 1.165) is 49.3 Å². The summed E-state index contributed by atoms with van der Waals surface area (Å²) < 4.78 is 16.6. The van der Waals surface area contributed by atoms with Crippen molar-refractivity contribution in [1.82, 2.24) is 4.90 Å². The number of rotatable bonds is 5. The molecule has 25 heavy (non-hydrogen) atoms. The van der Waals surface area contributed by atoms with Crippen LogP contribution in [0.2, 0.25) is 0 Å². The van der Waals surface area contributed by atoms with E-state index in [2.05, 4.69) is 0 Å². The summed E-state index contributed by atoms with van der Waals surface area (Å²) in [6.07, 6.45) is 3.14. The first-order valence-corrected chi connectivity index (χ1v) is 8.55. The first-order chi connectivity index (χ1) is 11.7. The Bertz CT molecular complexity index is 598. The van der Waals surface area contributed by atoms with Gasteiger partial charge in [-0.3, -0.25) is 4.79 Å². The maximum atomic E-state index is 12.9. The summed E-state index contributed by atoms with van der Waals surface area (Å²) in [5, 5.41) is 0. The number of methoxy groups -OCH3 is 2. The summed E-state index contributed by atoms with van der Waals surface area (Å²) in [6.45, 7) is 1.22. The second-order valence-corrected chi connectivity index (χ2v) is 6.36. The minimum atomic E-state index is -0.365. The number of carbonyl (C=O) groups excluding carboxylic acids is 1. The Balaban J connectivity index is 0.00000225. The van der Waals surface area contributed by atoms with Crippen LogP contribution in [0.5, 0.6) is 11.5 Å². The third-order valence-corrected chi connectivity index (χ3v) is 4.98. The molecule has 0 aliphatic carbocycles. The van der Waals surface area contributed by atoms with Crippen LogP contribution in [0.1, 0.15) is 37.3 Å². The number of hydrogen-bond acceptors (Lipinski definition) is 5. The fourth-order valence-electron chi connectivity index (χ4n) is 3.70. The van der Waals surface area contributed by atoms with E-state index in [0.29, 0.717) is 6.54 Å². The van der Waals surface area contributed by atoms with Crippen molar-refractivity contribution in [3.8, 4) is 11.5 Å². The van der Waals surface area contributed by atoms with E-state index in [1.54, 1.807) is 14.2 Å². The first-order valence-electron chi connectivity index (χ1n) is 8.55. The van der Waals surface area contributed by atoms with Gasteiger partial charge in [0.1, 0.15) is 17.6 Å². The number of benzene rings is 1. The van der Waals surface area contributed by atoms with Crippen LogP contribution in [0.3, 0.4) is 0 Å². The Morgan fingerprint density at radius 1 is 1.28 bits per heavy atom. The molecular weight excluding hydrogens is 344 g/mol. The summed E-state index contributed by atoms with van der Waals surface area (Å²) >= 11 is 0. The topological polar surface area (TPSA) is 74.0 Å². The molecule has 3 rings (SSSR count). The van der Waals surface area contributed by atoms with Crippen molar-refractivity contribution in [2.45, 2.75) is 43.9 Å². The third-order valence-electron chi connectivity index (χ3n) is 4.98. The normalized spacial score (nSPS) is 25.6. The van der Waals surface area contributed by atoms with E-state index < -0.39 is 0 Å². The molecule has 2 N–H and O–H groups in total. The molecule has 0 saturated carbocycles. The van der Waals surface area contributed by atoms with Gasteiger partial charge in [0.15, 0.2) is 0 Å². The zero-order chi connectivity index (χ0) is 17.1. The smallest absolute Gasteiger partial charge is 0.252 e. The highest BCUT2D eigenvalue weighted by molar-refractivity contribution is 5.85. The Morgan fingerprint density at radius 3 is 2.72 bits per heavy atom. The second kappa shape index (κ2) is 8.74. The molecule has 7 heteroatoms. The number of amides is 1. The van der Waals surface area contributed by atoms with E-state index in [4.69, 9.17) is 19.9 Å². The van der Waals surface area contributed by atoms with Crippen LogP contribution in [-0.2, 0) is 9.53 Å². The van der Waals surface area contributed by atoms with Crippen LogP contribution in [0.15, 0.2) is 18.2 Å². The van der Waals surface area contributed by atoms with Crippen LogP contribution in [0.25, 0.3) is 0 Å². The summed E-state index contributed by atoms with van der Waals surface area (Å²) in [5.41, 5.74) is 6.65. The molecule has 2 saturated heterocycles. The Hall–Kier alpha value is -1.50. The fraction of sp³-hybridized carbons (Fsp3) is 0.611. The number of likely N-dealkylation sites (tertiary alicyclic amines) is 1. The number of hydrogen-bond donors (Lipinski definition) is 1. The minimum Gasteiger partial charge on any atom is -0.497 e. The molecule has 0 aromatic heterocycles. The maximum absolute atomic E-state index is 12.9. The number of nitrogens with two attached hydrogens (primary N) is 1. The standard InChI is InChI=1S/C18H26N2O4.ClH/c1-22-12-5-7-16(23-2)14(10-12)15-4-3-9-20(15)18(21)17-8-6-13(11-19)24-17;/h5,7,10,13,15,17H,3-4,6,8-9,11,19H2,1-2H3;1H/t13-,15?,17+;/m1./s1. The number of carbonyl (C=O) groups is 1. The van der Waals surface area contributed by atoms with Gasteiger partial charge in [0.05, 0.1) is 26.4 Å². The molecule has 6 nitrogen and oxygen atoms in total. The molecule has 1 aromatic rings. The average Bonchev–Trinajstić information content (AvgIpc) is 3.29. The lowest BCUT2D eigenvalue weighted by Crippen LogP contribution is -2.39. The van der Waals surface area contributed by atoms with E-state index >= 15 is 0 Å². The summed E-state index contributed by atoms with van der Waals surface area (Å²) in [7, 11) is 3.29. The third kappa shape index (κ3) is 4.02. The van der Waals surface area contributed by atoms with Gasteiger partial charge >= 0.3 is 0 Å². The SMILES string of the molecule is COc1ccc(OC)c(C2CCCN2C(=O)[C@@H]2CC[C@H](CN)O2)c1.Cl. The molecule has 1 aromatic carbocycles. The predicted molar refractivity (Wildman–Crippen MR) is 97.4 cm³/mol. The highest BCUT2D eigenvalue weighted by Crippen LogP contribution is 2.40. The van der Waals surface area contributed by atoms with Gasteiger partial charge in [-0.1, -0.05) is 0 Å². The van der Waals surface area contributed by atoms with Gasteiger partial charge in [-0.15, -0.1) is 12.4 Å². The van der Waals surface area contributed by atoms with Gasteiger partial charge in [-0.2, -0.15) is 0 Å². The molecule has 0 radical (unpaired) electrons. The monoisotopic (exact) mass is 370 g/mol. The van der Waals surface area contributed by atoms with Gasteiger partial charge in [-0.05, 0) is 43.9 Å².